The molecular formula is C19H19ClN6O4. The van der Waals surface area contributed by atoms with Crippen molar-refractivity contribution in [2.45, 2.75) is 13.8 Å². The van der Waals surface area contributed by atoms with E-state index in [1.807, 2.05) is 32.0 Å². The molecule has 2 aromatic carbocycles. The first kappa shape index (κ1) is 21.1. The number of aromatic nitrogens is 4. The zero-order valence-electron chi connectivity index (χ0n) is 16.5. The molecule has 2 N–H and O–H groups in total. The van der Waals surface area contributed by atoms with Crippen LogP contribution in [-0.4, -0.2) is 45.7 Å². The summed E-state index contributed by atoms with van der Waals surface area (Å²) < 4.78 is 12.1. The minimum Gasteiger partial charge on any atom is -0.496 e. The first-order valence-corrected chi connectivity index (χ1v) is 9.17. The molecule has 11 heteroatoms. The molecule has 0 radical (unpaired) electrons. The minimum absolute atomic E-state index is 0.120. The van der Waals surface area contributed by atoms with Gasteiger partial charge in [0.15, 0.2) is 6.61 Å². The van der Waals surface area contributed by atoms with Crippen molar-refractivity contribution in [1.29, 1.82) is 0 Å². The standard InChI is InChI=1S/C19H19ClN6O4/c1-11-4-5-12(2)16(6-11)30-9-18(27)22-23-19(28)13-7-14(20)15(8-17(13)29-3)26-10-21-24-25-26/h4-8,10H,9H2,1-3H3,(H,22,27)(H,23,28). The lowest BCUT2D eigenvalue weighted by Crippen LogP contribution is -2.44. The van der Waals surface area contributed by atoms with Crippen molar-refractivity contribution >= 4 is 23.4 Å². The van der Waals surface area contributed by atoms with Crippen molar-refractivity contribution in [2.24, 2.45) is 0 Å². The lowest BCUT2D eigenvalue weighted by atomic mass is 10.1. The highest BCUT2D eigenvalue weighted by Gasteiger charge is 2.18. The van der Waals surface area contributed by atoms with Gasteiger partial charge in [0.1, 0.15) is 17.8 Å². The van der Waals surface area contributed by atoms with Gasteiger partial charge in [-0.3, -0.25) is 20.4 Å². The van der Waals surface area contributed by atoms with E-state index in [2.05, 4.69) is 26.4 Å². The number of amides is 2. The Balaban J connectivity index is 1.63. The Kier molecular flexibility index (Phi) is 6.48. The van der Waals surface area contributed by atoms with Gasteiger partial charge in [0.2, 0.25) is 0 Å². The number of hydrogen-bond donors (Lipinski definition) is 2. The molecule has 0 bridgehead atoms. The van der Waals surface area contributed by atoms with E-state index < -0.39 is 11.8 Å². The van der Waals surface area contributed by atoms with Crippen LogP contribution < -0.4 is 20.3 Å². The van der Waals surface area contributed by atoms with Gasteiger partial charge < -0.3 is 9.47 Å². The average molecular weight is 431 g/mol. The second-order valence-electron chi connectivity index (χ2n) is 6.32. The number of carbonyl (C=O) groups excluding carboxylic acids is 2. The van der Waals surface area contributed by atoms with Crippen LogP contribution in [0.3, 0.4) is 0 Å². The predicted octanol–water partition coefficient (Wildman–Crippen LogP) is 1.78. The normalized spacial score (nSPS) is 10.4. The molecule has 156 valence electrons. The van der Waals surface area contributed by atoms with Crippen molar-refractivity contribution < 1.29 is 19.1 Å². The van der Waals surface area contributed by atoms with Gasteiger partial charge >= 0.3 is 0 Å². The molecule has 3 aromatic rings. The number of ether oxygens (including phenoxy) is 2. The molecular weight excluding hydrogens is 412 g/mol. The highest BCUT2D eigenvalue weighted by atomic mass is 35.5. The van der Waals surface area contributed by atoms with Crippen LogP contribution in [0.5, 0.6) is 11.5 Å². The predicted molar refractivity (Wildman–Crippen MR) is 108 cm³/mol. The Bertz CT molecular complexity index is 1070. The van der Waals surface area contributed by atoms with E-state index in [0.29, 0.717) is 11.4 Å². The summed E-state index contributed by atoms with van der Waals surface area (Å²) in [6, 6.07) is 8.59. The first-order chi connectivity index (χ1) is 14.4. The van der Waals surface area contributed by atoms with Crippen LogP contribution in [0, 0.1) is 13.8 Å². The van der Waals surface area contributed by atoms with E-state index in [1.54, 1.807) is 0 Å². The molecule has 0 saturated carbocycles. The third-order valence-corrected chi connectivity index (χ3v) is 4.43. The van der Waals surface area contributed by atoms with Gasteiger partial charge in [0.05, 0.1) is 23.4 Å². The molecule has 2 amide bonds. The van der Waals surface area contributed by atoms with Gasteiger partial charge in [-0.05, 0) is 47.5 Å². The van der Waals surface area contributed by atoms with Crippen LogP contribution in [0.4, 0.5) is 0 Å². The molecule has 10 nitrogen and oxygen atoms in total. The van der Waals surface area contributed by atoms with E-state index in [9.17, 15) is 9.59 Å². The van der Waals surface area contributed by atoms with Crippen LogP contribution in [0.1, 0.15) is 21.5 Å². The Morgan fingerprint density at radius 1 is 1.13 bits per heavy atom. The molecule has 0 spiro atoms. The fourth-order valence-electron chi connectivity index (χ4n) is 2.57. The summed E-state index contributed by atoms with van der Waals surface area (Å²) in [5.41, 5.74) is 7.08. The van der Waals surface area contributed by atoms with Gasteiger partial charge in [0, 0.05) is 6.07 Å². The maximum atomic E-state index is 12.5. The lowest BCUT2D eigenvalue weighted by Gasteiger charge is -2.13. The number of aryl methyl sites for hydroxylation is 2. The number of tetrazole rings is 1. The molecule has 0 aliphatic carbocycles. The van der Waals surface area contributed by atoms with Gasteiger partial charge in [0.25, 0.3) is 11.8 Å². The summed E-state index contributed by atoms with van der Waals surface area (Å²) in [5.74, 6) is -0.317. The molecule has 0 saturated heterocycles. The van der Waals surface area contributed by atoms with Crippen molar-refractivity contribution in [3.63, 3.8) is 0 Å². The van der Waals surface area contributed by atoms with E-state index in [1.165, 1.54) is 30.3 Å². The average Bonchev–Trinajstić information content (AvgIpc) is 3.27. The van der Waals surface area contributed by atoms with E-state index in [0.717, 1.165) is 11.1 Å². The fourth-order valence-corrected chi connectivity index (χ4v) is 2.82. The maximum Gasteiger partial charge on any atom is 0.276 e. The molecule has 0 aliphatic heterocycles. The van der Waals surface area contributed by atoms with Gasteiger partial charge in [-0.1, -0.05) is 23.7 Å². The molecule has 0 aliphatic rings. The quantitative estimate of drug-likeness (QED) is 0.572. The molecule has 3 rings (SSSR count). The summed E-state index contributed by atoms with van der Waals surface area (Å²) in [6.07, 6.45) is 1.36. The number of benzene rings is 2. The van der Waals surface area contributed by atoms with Crippen LogP contribution in [0.15, 0.2) is 36.7 Å². The highest BCUT2D eigenvalue weighted by molar-refractivity contribution is 6.33. The minimum atomic E-state index is -0.614. The highest BCUT2D eigenvalue weighted by Crippen LogP contribution is 2.29. The topological polar surface area (TPSA) is 120 Å². The Morgan fingerprint density at radius 2 is 1.93 bits per heavy atom. The molecule has 1 heterocycles. The van der Waals surface area contributed by atoms with Crippen molar-refractivity contribution in [3.05, 3.63) is 58.4 Å². The Morgan fingerprint density at radius 3 is 2.63 bits per heavy atom. The molecule has 30 heavy (non-hydrogen) atoms. The van der Waals surface area contributed by atoms with Crippen LogP contribution in [0.2, 0.25) is 5.02 Å². The second kappa shape index (κ2) is 9.23. The third kappa shape index (κ3) is 4.84. The van der Waals surface area contributed by atoms with Crippen molar-refractivity contribution in [1.82, 2.24) is 31.1 Å². The maximum absolute atomic E-state index is 12.5. The smallest absolute Gasteiger partial charge is 0.276 e. The number of carbonyl (C=O) groups is 2. The zero-order valence-corrected chi connectivity index (χ0v) is 17.2. The lowest BCUT2D eigenvalue weighted by molar-refractivity contribution is -0.123. The molecule has 0 atom stereocenters. The SMILES string of the molecule is COc1cc(-n2cnnn2)c(Cl)cc1C(=O)NNC(=O)COc1cc(C)ccc1C. The number of methoxy groups -OCH3 is 1. The van der Waals surface area contributed by atoms with E-state index >= 15 is 0 Å². The number of hydrazine groups is 1. The van der Waals surface area contributed by atoms with E-state index in [-0.39, 0.29) is 22.9 Å². The van der Waals surface area contributed by atoms with Gasteiger partial charge in [-0.15, -0.1) is 5.10 Å². The largest absolute Gasteiger partial charge is 0.496 e. The van der Waals surface area contributed by atoms with Gasteiger partial charge in [-0.2, -0.15) is 4.68 Å². The summed E-state index contributed by atoms with van der Waals surface area (Å²) in [7, 11) is 1.40. The molecule has 0 unspecified atom stereocenters. The molecule has 1 aromatic heterocycles. The van der Waals surface area contributed by atoms with Crippen LogP contribution >= 0.6 is 11.6 Å². The monoisotopic (exact) mass is 430 g/mol. The summed E-state index contributed by atoms with van der Waals surface area (Å²) in [6.45, 7) is 3.54. The second-order valence-corrected chi connectivity index (χ2v) is 6.73. The van der Waals surface area contributed by atoms with Crippen LogP contribution in [0.25, 0.3) is 5.69 Å². The third-order valence-electron chi connectivity index (χ3n) is 4.13. The number of nitrogens with zero attached hydrogens (tertiary/aromatic N) is 4. The number of rotatable bonds is 6. The first-order valence-electron chi connectivity index (χ1n) is 8.79. The van der Waals surface area contributed by atoms with E-state index in [4.69, 9.17) is 21.1 Å². The fraction of sp³-hybridized carbons (Fsp3) is 0.211. The summed E-state index contributed by atoms with van der Waals surface area (Å²) >= 11 is 6.24. The number of hydrogen-bond acceptors (Lipinski definition) is 7. The van der Waals surface area contributed by atoms with Crippen molar-refractivity contribution in [3.8, 4) is 17.2 Å². The summed E-state index contributed by atoms with van der Waals surface area (Å²) in [5, 5.41) is 11.1. The Labute approximate surface area is 177 Å². The van der Waals surface area contributed by atoms with Crippen LogP contribution in [-0.2, 0) is 4.79 Å². The zero-order chi connectivity index (χ0) is 21.7. The number of nitrogens with one attached hydrogen (secondary N) is 2. The van der Waals surface area contributed by atoms with Crippen molar-refractivity contribution in [2.75, 3.05) is 13.7 Å². The Hall–Kier alpha value is -3.66. The summed E-state index contributed by atoms with van der Waals surface area (Å²) in [4.78, 5) is 24.5. The number of halogens is 1. The van der Waals surface area contributed by atoms with Gasteiger partial charge in [-0.25, -0.2) is 0 Å². The molecule has 0 fully saturated rings.